The molecule has 1 amide bonds. The number of carboxylic acid groups (broad SMARTS) is 1. The van der Waals surface area contributed by atoms with Gasteiger partial charge in [-0.25, -0.2) is 4.79 Å². The molecule has 1 aromatic rings. The summed E-state index contributed by atoms with van der Waals surface area (Å²) in [5, 5.41) is 8.90. The number of ether oxygens (including phenoxy) is 3. The standard InChI is InChI=1S/C16H30N2O4.C7H6O2.C2H4O2.CH5N/c1-15(2,3)22-14(21)18-10-8-17(9-11-18)7-6-16(4,5)12-13(19)20;8-6-9-7-4-2-1-3-5-7;1-4-2-3;1-2/h6-12H2,1-5H3,(H,19,20);1-6H;2H,1H3;2H2,1H3. The number of piperazine rings is 1. The summed E-state index contributed by atoms with van der Waals surface area (Å²) in [6, 6.07) is 8.90. The van der Waals surface area contributed by atoms with Gasteiger partial charge in [0.2, 0.25) is 0 Å². The molecule has 0 aliphatic carbocycles. The van der Waals surface area contributed by atoms with Crippen LogP contribution in [0.2, 0.25) is 0 Å². The van der Waals surface area contributed by atoms with E-state index in [9.17, 15) is 14.4 Å². The number of carbonyl (C=O) groups excluding carboxylic acids is 3. The Morgan fingerprint density at radius 3 is 1.89 bits per heavy atom. The van der Waals surface area contributed by atoms with E-state index in [2.05, 4.69) is 20.1 Å². The van der Waals surface area contributed by atoms with E-state index in [4.69, 9.17) is 14.6 Å². The quantitative estimate of drug-likeness (QED) is 0.483. The molecule has 0 aromatic heterocycles. The minimum Gasteiger partial charge on any atom is -0.481 e. The number of hydrogen-bond donors (Lipinski definition) is 2. The molecule has 1 heterocycles. The highest BCUT2D eigenvalue weighted by atomic mass is 16.6. The minimum absolute atomic E-state index is 0.185. The van der Waals surface area contributed by atoms with E-state index in [1.807, 2.05) is 40.7 Å². The van der Waals surface area contributed by atoms with E-state index in [1.54, 1.807) is 29.2 Å². The maximum Gasteiger partial charge on any atom is 0.410 e. The number of carboxylic acids is 1. The molecule has 11 heteroatoms. The molecule has 1 aliphatic rings. The number of amides is 1. The number of nitrogens with zero attached hydrogens (tertiary/aromatic N) is 2. The number of para-hydroxylation sites is 1. The molecule has 0 atom stereocenters. The molecule has 37 heavy (non-hydrogen) atoms. The van der Waals surface area contributed by atoms with Crippen molar-refractivity contribution in [3.63, 3.8) is 0 Å². The third-order valence-corrected chi connectivity index (χ3v) is 4.78. The molecule has 0 bridgehead atoms. The Morgan fingerprint density at radius 1 is 0.973 bits per heavy atom. The highest BCUT2D eigenvalue weighted by molar-refractivity contribution is 5.68. The van der Waals surface area contributed by atoms with Crippen molar-refractivity contribution in [1.29, 1.82) is 0 Å². The SMILES string of the molecule is CC(C)(CCN1CCN(C(=O)OC(C)(C)C)CC1)CC(=O)O.CN.COC=O.O=COc1ccccc1. The normalized spacial score (nSPS) is 13.1. The van der Waals surface area contributed by atoms with Crippen LogP contribution in [-0.4, -0.2) is 92.4 Å². The van der Waals surface area contributed by atoms with Crippen LogP contribution in [0.15, 0.2) is 30.3 Å². The molecule has 0 saturated carbocycles. The average Bonchev–Trinajstić information content (AvgIpc) is 2.84. The number of nitrogens with two attached hydrogens (primary N) is 1. The fourth-order valence-corrected chi connectivity index (χ4v) is 2.99. The van der Waals surface area contributed by atoms with Crippen molar-refractivity contribution in [2.75, 3.05) is 46.9 Å². The van der Waals surface area contributed by atoms with Crippen LogP contribution in [0.5, 0.6) is 5.75 Å². The van der Waals surface area contributed by atoms with Crippen molar-refractivity contribution in [1.82, 2.24) is 9.80 Å². The molecule has 1 saturated heterocycles. The first-order valence-electron chi connectivity index (χ1n) is 11.9. The van der Waals surface area contributed by atoms with Crippen molar-refractivity contribution in [2.24, 2.45) is 11.1 Å². The van der Waals surface area contributed by atoms with E-state index in [0.717, 1.165) is 26.1 Å². The van der Waals surface area contributed by atoms with Crippen LogP contribution in [0.1, 0.15) is 47.5 Å². The average molecular weight is 528 g/mol. The summed E-state index contributed by atoms with van der Waals surface area (Å²) in [5.74, 6) is -0.174. The van der Waals surface area contributed by atoms with Gasteiger partial charge >= 0.3 is 12.1 Å². The summed E-state index contributed by atoms with van der Waals surface area (Å²) < 4.78 is 13.8. The Balaban J connectivity index is 0. The van der Waals surface area contributed by atoms with Crippen LogP contribution in [0, 0.1) is 5.41 Å². The van der Waals surface area contributed by atoms with Crippen LogP contribution in [-0.2, 0) is 23.9 Å². The maximum atomic E-state index is 12.0. The van der Waals surface area contributed by atoms with Gasteiger partial charge in [-0.15, -0.1) is 0 Å². The van der Waals surface area contributed by atoms with Crippen molar-refractivity contribution >= 4 is 25.0 Å². The lowest BCUT2D eigenvalue weighted by Gasteiger charge is -2.36. The van der Waals surface area contributed by atoms with Gasteiger partial charge in [-0.05, 0) is 58.3 Å². The van der Waals surface area contributed by atoms with Crippen LogP contribution >= 0.6 is 0 Å². The van der Waals surface area contributed by atoms with Gasteiger partial charge in [0, 0.05) is 26.2 Å². The number of carbonyl (C=O) groups is 4. The minimum atomic E-state index is -0.750. The van der Waals surface area contributed by atoms with E-state index in [-0.39, 0.29) is 17.9 Å². The van der Waals surface area contributed by atoms with Crippen molar-refractivity contribution < 1.29 is 38.5 Å². The first-order valence-corrected chi connectivity index (χ1v) is 11.9. The van der Waals surface area contributed by atoms with Crippen LogP contribution in [0.4, 0.5) is 4.79 Å². The monoisotopic (exact) mass is 527 g/mol. The fraction of sp³-hybridized carbons (Fsp3) is 0.615. The van der Waals surface area contributed by atoms with Gasteiger partial charge in [-0.3, -0.25) is 19.3 Å². The highest BCUT2D eigenvalue weighted by Gasteiger charge is 2.27. The third kappa shape index (κ3) is 20.7. The summed E-state index contributed by atoms with van der Waals surface area (Å²) in [5.41, 5.74) is 3.84. The Hall–Kier alpha value is -3.18. The first kappa shape index (κ1) is 36.0. The molecule has 1 aliphatic heterocycles. The molecule has 3 N–H and O–H groups in total. The number of rotatable bonds is 8. The number of methoxy groups -OCH3 is 1. The summed E-state index contributed by atoms with van der Waals surface area (Å²) >= 11 is 0. The summed E-state index contributed by atoms with van der Waals surface area (Å²) in [4.78, 5) is 45.5. The zero-order chi connectivity index (χ0) is 28.9. The number of hydrogen-bond acceptors (Lipinski definition) is 9. The van der Waals surface area contributed by atoms with Gasteiger partial charge in [0.05, 0.1) is 13.5 Å². The second-order valence-corrected chi connectivity index (χ2v) is 9.65. The van der Waals surface area contributed by atoms with Crippen molar-refractivity contribution in [3.8, 4) is 5.75 Å². The molecular formula is C26H45N3O8. The molecule has 2 rings (SSSR count). The summed E-state index contributed by atoms with van der Waals surface area (Å²) in [6.07, 6.45) is 0.773. The van der Waals surface area contributed by atoms with Gasteiger partial charge < -0.3 is 30.0 Å². The third-order valence-electron chi connectivity index (χ3n) is 4.78. The second-order valence-electron chi connectivity index (χ2n) is 9.65. The van der Waals surface area contributed by atoms with E-state index in [1.165, 1.54) is 14.2 Å². The van der Waals surface area contributed by atoms with Gasteiger partial charge in [-0.2, -0.15) is 0 Å². The van der Waals surface area contributed by atoms with Crippen LogP contribution < -0.4 is 10.5 Å². The van der Waals surface area contributed by atoms with Crippen LogP contribution in [0.3, 0.4) is 0 Å². The fourth-order valence-electron chi connectivity index (χ4n) is 2.99. The lowest BCUT2D eigenvalue weighted by atomic mass is 9.85. The summed E-state index contributed by atoms with van der Waals surface area (Å²) in [6.45, 7) is 14.2. The lowest BCUT2D eigenvalue weighted by molar-refractivity contribution is -0.139. The molecule has 0 unspecified atom stereocenters. The lowest BCUT2D eigenvalue weighted by Crippen LogP contribution is -2.50. The second kappa shape index (κ2) is 19.9. The van der Waals surface area contributed by atoms with Crippen LogP contribution in [0.25, 0.3) is 0 Å². The molecule has 212 valence electrons. The van der Waals surface area contributed by atoms with E-state index in [0.29, 0.717) is 31.8 Å². The van der Waals surface area contributed by atoms with Gasteiger partial charge in [-0.1, -0.05) is 32.0 Å². The predicted molar refractivity (Wildman–Crippen MR) is 141 cm³/mol. The predicted octanol–water partition coefficient (Wildman–Crippen LogP) is 3.02. The Morgan fingerprint density at radius 2 is 1.49 bits per heavy atom. The molecule has 11 nitrogen and oxygen atoms in total. The van der Waals surface area contributed by atoms with Gasteiger partial charge in [0.1, 0.15) is 11.4 Å². The highest BCUT2D eigenvalue weighted by Crippen LogP contribution is 2.25. The summed E-state index contributed by atoms with van der Waals surface area (Å²) in [7, 11) is 2.81. The largest absolute Gasteiger partial charge is 0.481 e. The van der Waals surface area contributed by atoms with Gasteiger partial charge in [0.25, 0.3) is 12.9 Å². The van der Waals surface area contributed by atoms with E-state index >= 15 is 0 Å². The topological polar surface area (TPSA) is 149 Å². The maximum absolute atomic E-state index is 12.0. The Labute approximate surface area is 220 Å². The van der Waals surface area contributed by atoms with Crippen molar-refractivity contribution in [2.45, 2.75) is 53.1 Å². The molecule has 1 aromatic carbocycles. The molecular weight excluding hydrogens is 482 g/mol. The smallest absolute Gasteiger partial charge is 0.410 e. The molecule has 0 spiro atoms. The number of aliphatic carboxylic acids is 1. The van der Waals surface area contributed by atoms with Gasteiger partial charge in [0.15, 0.2) is 0 Å². The van der Waals surface area contributed by atoms with E-state index < -0.39 is 11.6 Å². The van der Waals surface area contributed by atoms with Crippen molar-refractivity contribution in [3.05, 3.63) is 30.3 Å². The zero-order valence-electron chi connectivity index (χ0n) is 23.3. The Bertz CT molecular complexity index is 759. The first-order chi connectivity index (χ1) is 17.3. The number of benzene rings is 1. The Kier molecular flexibility index (Phi) is 19.4. The zero-order valence-corrected chi connectivity index (χ0v) is 23.3. The molecule has 1 fully saturated rings. The molecule has 0 radical (unpaired) electrons.